The topological polar surface area (TPSA) is 105 Å². The highest BCUT2D eigenvalue weighted by atomic mass is 16.7. The number of para-hydroxylation sites is 1. The summed E-state index contributed by atoms with van der Waals surface area (Å²) >= 11 is 0. The largest absolute Gasteiger partial charge is 0.511 e. The Morgan fingerprint density at radius 1 is 1.05 bits per heavy atom. The third kappa shape index (κ3) is 6.51. The zero-order valence-corrected chi connectivity index (χ0v) is 22.6. The monoisotopic (exact) mass is 538 g/mol. The van der Waals surface area contributed by atoms with E-state index in [0.717, 1.165) is 65.8 Å². The van der Waals surface area contributed by atoms with Gasteiger partial charge in [-0.25, -0.2) is 14.6 Å². The number of rotatable bonds is 8. The predicted molar refractivity (Wildman–Crippen MR) is 158 cm³/mol. The smallest absolute Gasteiger partial charge is 0.449 e. The van der Waals surface area contributed by atoms with Crippen molar-refractivity contribution in [1.82, 2.24) is 14.9 Å². The van der Waals surface area contributed by atoms with Gasteiger partial charge in [-0.15, -0.1) is 0 Å². The number of nitrogens with zero attached hydrogens (tertiary/aromatic N) is 2. The summed E-state index contributed by atoms with van der Waals surface area (Å²) < 4.78 is 7.10. The SMILES string of the molecule is CC/C=C/c1nc2ccc(NC(=O)NC3CCCCC3)cc2n1Cc1ccc(-c2ccccc2OC(=O)O)cc1. The number of nitrogens with one attached hydrogen (secondary N) is 2. The van der Waals surface area contributed by atoms with Gasteiger partial charge in [0.05, 0.1) is 11.0 Å². The molecule has 1 heterocycles. The molecular weight excluding hydrogens is 504 g/mol. The summed E-state index contributed by atoms with van der Waals surface area (Å²) in [6.45, 7) is 2.66. The third-order valence-corrected chi connectivity index (χ3v) is 7.17. The van der Waals surface area contributed by atoms with E-state index in [0.29, 0.717) is 17.9 Å². The molecule has 1 fully saturated rings. The maximum atomic E-state index is 12.7. The molecule has 8 heteroatoms. The van der Waals surface area contributed by atoms with Gasteiger partial charge < -0.3 is 25.0 Å². The van der Waals surface area contributed by atoms with E-state index in [9.17, 15) is 9.59 Å². The Balaban J connectivity index is 1.39. The molecule has 3 aromatic carbocycles. The van der Waals surface area contributed by atoms with Crippen molar-refractivity contribution in [2.24, 2.45) is 0 Å². The highest BCUT2D eigenvalue weighted by molar-refractivity contribution is 5.92. The summed E-state index contributed by atoms with van der Waals surface area (Å²) in [5, 5.41) is 15.2. The van der Waals surface area contributed by atoms with Crippen LogP contribution in [0.15, 0.2) is 72.8 Å². The number of fused-ring (bicyclic) bond motifs is 1. The minimum atomic E-state index is -1.34. The Labute approximate surface area is 233 Å². The third-order valence-electron chi connectivity index (χ3n) is 7.17. The highest BCUT2D eigenvalue weighted by Crippen LogP contribution is 2.31. The Morgan fingerprint density at radius 3 is 2.58 bits per heavy atom. The second-order valence-corrected chi connectivity index (χ2v) is 10.1. The second kappa shape index (κ2) is 12.5. The Kier molecular flexibility index (Phi) is 8.44. The normalized spacial score (nSPS) is 13.9. The van der Waals surface area contributed by atoms with Crippen LogP contribution in [0.3, 0.4) is 0 Å². The summed E-state index contributed by atoms with van der Waals surface area (Å²) in [7, 11) is 0. The van der Waals surface area contributed by atoms with E-state index in [-0.39, 0.29) is 12.1 Å². The van der Waals surface area contributed by atoms with Crippen molar-refractivity contribution in [3.63, 3.8) is 0 Å². The van der Waals surface area contributed by atoms with Gasteiger partial charge >= 0.3 is 12.2 Å². The second-order valence-electron chi connectivity index (χ2n) is 10.1. The Bertz CT molecular complexity index is 1520. The first-order valence-corrected chi connectivity index (χ1v) is 13.8. The van der Waals surface area contributed by atoms with Gasteiger partial charge in [0.2, 0.25) is 0 Å². The number of hydrogen-bond acceptors (Lipinski definition) is 4. The van der Waals surface area contributed by atoms with Crippen LogP contribution in [0.25, 0.3) is 28.2 Å². The predicted octanol–water partition coefficient (Wildman–Crippen LogP) is 7.69. The summed E-state index contributed by atoms with van der Waals surface area (Å²) in [6, 6.07) is 20.9. The van der Waals surface area contributed by atoms with Crippen molar-refractivity contribution in [1.29, 1.82) is 0 Å². The molecule has 0 spiro atoms. The van der Waals surface area contributed by atoms with Crippen molar-refractivity contribution in [2.75, 3.05) is 5.32 Å². The number of benzene rings is 3. The molecule has 0 bridgehead atoms. The van der Waals surface area contributed by atoms with Gasteiger partial charge in [0.15, 0.2) is 0 Å². The van der Waals surface area contributed by atoms with Crippen LogP contribution in [0.4, 0.5) is 15.3 Å². The van der Waals surface area contributed by atoms with Crippen molar-refractivity contribution >= 4 is 35.0 Å². The minimum absolute atomic E-state index is 0.175. The molecule has 8 nitrogen and oxygen atoms in total. The van der Waals surface area contributed by atoms with Gasteiger partial charge in [-0.1, -0.05) is 74.7 Å². The fourth-order valence-corrected chi connectivity index (χ4v) is 5.20. The zero-order valence-electron chi connectivity index (χ0n) is 22.6. The quantitative estimate of drug-likeness (QED) is 0.158. The molecule has 0 radical (unpaired) electrons. The van der Waals surface area contributed by atoms with Crippen LogP contribution in [0.2, 0.25) is 0 Å². The molecule has 0 saturated heterocycles. The number of anilines is 1. The minimum Gasteiger partial charge on any atom is -0.449 e. The van der Waals surface area contributed by atoms with Crippen LogP contribution < -0.4 is 15.4 Å². The fourth-order valence-electron chi connectivity index (χ4n) is 5.20. The molecule has 3 N–H and O–H groups in total. The van der Waals surface area contributed by atoms with E-state index in [2.05, 4.69) is 28.2 Å². The van der Waals surface area contributed by atoms with Crippen LogP contribution in [0.5, 0.6) is 5.75 Å². The molecule has 1 aliphatic rings. The van der Waals surface area contributed by atoms with Gasteiger partial charge in [-0.2, -0.15) is 0 Å². The van der Waals surface area contributed by atoms with Crippen molar-refractivity contribution < 1.29 is 19.4 Å². The van der Waals surface area contributed by atoms with Crippen molar-refractivity contribution in [2.45, 2.75) is 58.0 Å². The molecule has 206 valence electrons. The average molecular weight is 539 g/mol. The summed E-state index contributed by atoms with van der Waals surface area (Å²) in [6.07, 6.45) is 9.28. The number of hydrogen-bond donors (Lipinski definition) is 3. The highest BCUT2D eigenvalue weighted by Gasteiger charge is 2.17. The van der Waals surface area contributed by atoms with E-state index < -0.39 is 6.16 Å². The number of ether oxygens (including phenoxy) is 1. The molecule has 1 aromatic heterocycles. The lowest BCUT2D eigenvalue weighted by Gasteiger charge is -2.22. The van der Waals surface area contributed by atoms with E-state index in [1.807, 2.05) is 60.7 Å². The first-order chi connectivity index (χ1) is 19.5. The van der Waals surface area contributed by atoms with E-state index >= 15 is 0 Å². The standard InChI is InChI=1S/C32H34N4O4/c1-2-3-13-30-35-27-19-18-25(34-31(37)33-24-9-5-4-6-10-24)20-28(27)36(30)21-22-14-16-23(17-15-22)26-11-7-8-12-29(26)40-32(38)39/h3,7-8,11-20,24H,2,4-6,9-10,21H2,1H3,(H,38,39)(H2,33,34,37)/b13-3+. The fraction of sp³-hybridized carbons (Fsp3) is 0.281. The van der Waals surface area contributed by atoms with Gasteiger partial charge in [-0.3, -0.25) is 0 Å². The number of amides is 2. The van der Waals surface area contributed by atoms with E-state index in [4.69, 9.17) is 14.8 Å². The van der Waals surface area contributed by atoms with Crippen molar-refractivity contribution in [3.05, 3.63) is 84.2 Å². The number of imidazole rings is 1. The molecule has 0 aliphatic heterocycles. The first kappa shape index (κ1) is 27.0. The maximum absolute atomic E-state index is 12.7. The van der Waals surface area contributed by atoms with Crippen LogP contribution in [-0.4, -0.2) is 32.9 Å². The molecule has 40 heavy (non-hydrogen) atoms. The number of aromatic nitrogens is 2. The lowest BCUT2D eigenvalue weighted by Crippen LogP contribution is -2.39. The molecule has 5 rings (SSSR count). The summed E-state index contributed by atoms with van der Waals surface area (Å²) in [5.41, 5.74) is 5.12. The lowest BCUT2D eigenvalue weighted by molar-refractivity contribution is 0.144. The molecule has 4 aromatic rings. The molecule has 0 unspecified atom stereocenters. The number of urea groups is 1. The number of carbonyl (C=O) groups is 2. The van der Waals surface area contributed by atoms with Gasteiger partial charge in [0, 0.05) is 23.8 Å². The number of carbonyl (C=O) groups excluding carboxylic acids is 1. The Hall–Kier alpha value is -4.59. The van der Waals surface area contributed by atoms with Gasteiger partial charge in [-0.05, 0) is 60.7 Å². The maximum Gasteiger partial charge on any atom is 0.511 e. The molecule has 2 amide bonds. The van der Waals surface area contributed by atoms with Gasteiger partial charge in [0.1, 0.15) is 11.6 Å². The van der Waals surface area contributed by atoms with Crippen molar-refractivity contribution in [3.8, 4) is 16.9 Å². The lowest BCUT2D eigenvalue weighted by atomic mass is 9.96. The van der Waals surface area contributed by atoms with Crippen LogP contribution in [0.1, 0.15) is 56.8 Å². The van der Waals surface area contributed by atoms with E-state index in [1.165, 1.54) is 6.42 Å². The van der Waals surface area contributed by atoms with Crippen LogP contribution in [0, 0.1) is 0 Å². The average Bonchev–Trinajstić information content (AvgIpc) is 3.29. The number of carboxylic acid groups (broad SMARTS) is 1. The molecule has 0 atom stereocenters. The number of allylic oxidation sites excluding steroid dienone is 1. The summed E-state index contributed by atoms with van der Waals surface area (Å²) in [5.74, 6) is 1.13. The molecule has 1 saturated carbocycles. The molecule has 1 aliphatic carbocycles. The Morgan fingerprint density at radius 2 is 1.82 bits per heavy atom. The summed E-state index contributed by atoms with van der Waals surface area (Å²) in [4.78, 5) is 28.6. The first-order valence-electron chi connectivity index (χ1n) is 13.8. The van der Waals surface area contributed by atoms with E-state index in [1.54, 1.807) is 12.1 Å². The zero-order chi connectivity index (χ0) is 27.9. The molecular formula is C32H34N4O4. The van der Waals surface area contributed by atoms with Crippen LogP contribution in [-0.2, 0) is 6.54 Å². The van der Waals surface area contributed by atoms with Crippen LogP contribution >= 0.6 is 0 Å². The van der Waals surface area contributed by atoms with Gasteiger partial charge in [0.25, 0.3) is 0 Å².